The van der Waals surface area contributed by atoms with E-state index in [0.29, 0.717) is 18.5 Å². The van der Waals surface area contributed by atoms with E-state index in [9.17, 15) is 4.79 Å². The van der Waals surface area contributed by atoms with Crippen molar-refractivity contribution in [3.8, 4) is 11.1 Å². The molecule has 2 fully saturated rings. The Bertz CT molecular complexity index is 767. The van der Waals surface area contributed by atoms with E-state index in [-0.39, 0.29) is 59.7 Å². The van der Waals surface area contributed by atoms with Gasteiger partial charge in [-0.25, -0.2) is 22.2 Å². The Labute approximate surface area is 223 Å². The molecule has 2 aliphatic rings. The SMILES string of the molecule is CC.CC.Cc1c[c-]c(-c2ccccc2)[c-]c1CC(=O)N1C2CCC(C2)N1C.[W].[Y]. The number of carbonyl (C=O) groups is 1. The molecule has 1 heterocycles. The third-order valence-electron chi connectivity index (χ3n) is 5.42. The molecule has 161 valence electrons. The molecule has 1 saturated carbocycles. The fourth-order valence-electron chi connectivity index (χ4n) is 4.04. The summed E-state index contributed by atoms with van der Waals surface area (Å²) in [5.41, 5.74) is 4.08. The summed E-state index contributed by atoms with van der Waals surface area (Å²) in [7, 11) is 2.05. The van der Waals surface area contributed by atoms with Gasteiger partial charge in [-0.15, -0.1) is 19.1 Å². The Morgan fingerprint density at radius 2 is 1.67 bits per heavy atom. The van der Waals surface area contributed by atoms with Crippen LogP contribution in [0.3, 0.4) is 0 Å². The molecule has 2 atom stereocenters. The maximum Gasteiger partial charge on any atom is 0.238 e. The predicted molar refractivity (Wildman–Crippen MR) is 117 cm³/mol. The van der Waals surface area contributed by atoms with Crippen molar-refractivity contribution < 1.29 is 58.6 Å². The van der Waals surface area contributed by atoms with Gasteiger partial charge in [0.15, 0.2) is 0 Å². The van der Waals surface area contributed by atoms with Crippen molar-refractivity contribution in [3.63, 3.8) is 0 Å². The number of benzene rings is 2. The maximum atomic E-state index is 12.9. The number of nitrogens with zero attached hydrogens (tertiary/aromatic N) is 2. The van der Waals surface area contributed by atoms with E-state index >= 15 is 0 Å². The first kappa shape index (κ1) is 29.7. The number of hydrazine groups is 1. The minimum absolute atomic E-state index is 0. The first-order valence-electron chi connectivity index (χ1n) is 10.7. The summed E-state index contributed by atoms with van der Waals surface area (Å²) in [4.78, 5) is 12.9. The van der Waals surface area contributed by atoms with Gasteiger partial charge in [0.1, 0.15) is 0 Å². The van der Waals surface area contributed by atoms with Gasteiger partial charge in [-0.2, -0.15) is 5.56 Å². The molecule has 1 saturated heterocycles. The molecule has 2 aromatic carbocycles. The van der Waals surface area contributed by atoms with Gasteiger partial charge in [-0.1, -0.05) is 45.9 Å². The van der Waals surface area contributed by atoms with Crippen LogP contribution in [0.25, 0.3) is 11.1 Å². The molecule has 0 spiro atoms. The summed E-state index contributed by atoms with van der Waals surface area (Å²) in [5, 5.41) is 4.14. The number of fused-ring (bicyclic) bond motifs is 2. The van der Waals surface area contributed by atoms with Crippen molar-refractivity contribution >= 4 is 5.91 Å². The van der Waals surface area contributed by atoms with Crippen LogP contribution in [0.1, 0.15) is 58.1 Å². The monoisotopic (exact) mass is 651 g/mol. The van der Waals surface area contributed by atoms with Crippen LogP contribution in [0.4, 0.5) is 0 Å². The zero-order chi connectivity index (χ0) is 20.7. The van der Waals surface area contributed by atoms with E-state index < -0.39 is 0 Å². The number of amides is 1. The molecule has 2 bridgehead atoms. The number of rotatable bonds is 3. The molecule has 3 nitrogen and oxygen atoms in total. The van der Waals surface area contributed by atoms with E-state index in [1.54, 1.807) is 0 Å². The largest absolute Gasteiger partial charge is 0.286 e. The predicted octanol–water partition coefficient (Wildman–Crippen LogP) is 5.46. The van der Waals surface area contributed by atoms with E-state index in [1.807, 2.05) is 70.9 Å². The van der Waals surface area contributed by atoms with Crippen LogP contribution in [0.15, 0.2) is 36.4 Å². The molecule has 1 aliphatic carbocycles. The smallest absolute Gasteiger partial charge is 0.238 e. The second kappa shape index (κ2) is 14.7. The van der Waals surface area contributed by atoms with Crippen LogP contribution in [0, 0.1) is 19.1 Å². The summed E-state index contributed by atoms with van der Waals surface area (Å²) in [5.74, 6) is 0.189. The first-order chi connectivity index (χ1) is 13.6. The van der Waals surface area contributed by atoms with Crippen LogP contribution < -0.4 is 0 Å². The third kappa shape index (κ3) is 6.83. The Morgan fingerprint density at radius 1 is 1.07 bits per heavy atom. The molecule has 1 radical (unpaired) electrons. The van der Waals surface area contributed by atoms with Crippen LogP contribution in [0.5, 0.6) is 0 Å². The minimum Gasteiger partial charge on any atom is -0.286 e. The normalized spacial score (nSPS) is 18.8. The van der Waals surface area contributed by atoms with Gasteiger partial charge in [-0.05, 0) is 19.3 Å². The zero-order valence-electron chi connectivity index (χ0n) is 19.2. The van der Waals surface area contributed by atoms with Crippen LogP contribution >= 0.6 is 0 Å². The molecule has 0 aromatic heterocycles. The van der Waals surface area contributed by atoms with E-state index in [2.05, 4.69) is 29.3 Å². The average Bonchev–Trinajstić information content (AvgIpc) is 3.34. The molecule has 30 heavy (non-hydrogen) atoms. The maximum absolute atomic E-state index is 12.9. The van der Waals surface area contributed by atoms with E-state index in [1.165, 1.54) is 6.42 Å². The van der Waals surface area contributed by atoms with Crippen molar-refractivity contribution in [2.24, 2.45) is 0 Å². The van der Waals surface area contributed by atoms with Crippen LogP contribution in [-0.4, -0.2) is 35.1 Å². The molecule has 2 unspecified atom stereocenters. The van der Waals surface area contributed by atoms with Gasteiger partial charge >= 0.3 is 0 Å². The molecular formula is C25H34N2OWY-2. The van der Waals surface area contributed by atoms with Crippen molar-refractivity contribution in [3.05, 3.63) is 59.7 Å². The Balaban J connectivity index is 0.00000133. The van der Waals surface area contributed by atoms with Crippen molar-refractivity contribution in [1.82, 2.24) is 10.0 Å². The van der Waals surface area contributed by atoms with Crippen molar-refractivity contribution in [2.45, 2.75) is 72.4 Å². The zero-order valence-corrected chi connectivity index (χ0v) is 25.0. The van der Waals surface area contributed by atoms with Gasteiger partial charge in [0, 0.05) is 73.3 Å². The van der Waals surface area contributed by atoms with Gasteiger partial charge in [0.2, 0.25) is 5.91 Å². The average molecular weight is 651 g/mol. The van der Waals surface area contributed by atoms with Gasteiger partial charge < -0.3 is 0 Å². The summed E-state index contributed by atoms with van der Waals surface area (Å²) >= 11 is 0. The molecule has 2 aromatic rings. The first-order valence-corrected chi connectivity index (χ1v) is 10.7. The van der Waals surface area contributed by atoms with Crippen molar-refractivity contribution in [2.75, 3.05) is 7.05 Å². The van der Waals surface area contributed by atoms with E-state index in [0.717, 1.165) is 35.1 Å². The number of aryl methyl sites for hydroxylation is 1. The quantitative estimate of drug-likeness (QED) is 0.412. The van der Waals surface area contributed by atoms with Gasteiger partial charge in [-0.3, -0.25) is 27.5 Å². The fraction of sp³-hybridized carbons (Fsp3) is 0.480. The third-order valence-corrected chi connectivity index (χ3v) is 5.42. The van der Waals surface area contributed by atoms with Gasteiger partial charge in [0.05, 0.1) is 6.04 Å². The standard InChI is InChI=1S/C21H22N2O.2C2H6.W.Y/c1-15-8-9-17(16-6-4-3-5-7-16)12-18(15)13-21(24)23-20-11-10-19(14-20)22(23)2;2*1-2;;/h3-8,19-20H,10-11,13-14H2,1-2H3;2*1-2H3;;/q-2;;;;. The summed E-state index contributed by atoms with van der Waals surface area (Å²) in [6, 6.07) is 19.8. The van der Waals surface area contributed by atoms with Gasteiger partial charge in [0.25, 0.3) is 0 Å². The summed E-state index contributed by atoms with van der Waals surface area (Å²) in [6.45, 7) is 10.0. The van der Waals surface area contributed by atoms with Crippen molar-refractivity contribution in [1.29, 1.82) is 0 Å². The van der Waals surface area contributed by atoms with Crippen LogP contribution in [-0.2, 0) is 65.0 Å². The second-order valence-corrected chi connectivity index (χ2v) is 6.93. The molecule has 5 heteroatoms. The number of hydrogen-bond donors (Lipinski definition) is 0. The molecule has 0 N–H and O–H groups in total. The second-order valence-electron chi connectivity index (χ2n) is 6.93. The van der Waals surface area contributed by atoms with E-state index in [4.69, 9.17) is 0 Å². The molecule has 1 aliphatic heterocycles. The summed E-state index contributed by atoms with van der Waals surface area (Å²) in [6.07, 6.45) is 3.90. The molecule has 4 rings (SSSR count). The Kier molecular flexibility index (Phi) is 14.5. The molecular weight excluding hydrogens is 617 g/mol. The number of carbonyl (C=O) groups excluding carboxylic acids is 1. The minimum atomic E-state index is 0. The van der Waals surface area contributed by atoms with Crippen LogP contribution in [0.2, 0.25) is 0 Å². The Morgan fingerprint density at radius 3 is 2.23 bits per heavy atom. The fourth-order valence-corrected chi connectivity index (χ4v) is 4.04. The molecule has 1 amide bonds. The number of hydrogen-bond acceptors (Lipinski definition) is 2. The topological polar surface area (TPSA) is 23.6 Å². The summed E-state index contributed by atoms with van der Waals surface area (Å²) < 4.78 is 0. The Hall–Kier alpha value is -0.338.